The van der Waals surface area contributed by atoms with Gasteiger partial charge in [-0.1, -0.05) is 18.2 Å². The number of hydrogen-bond acceptors (Lipinski definition) is 5. The van der Waals surface area contributed by atoms with Crippen LogP contribution in [0.4, 0.5) is 5.69 Å². The molecule has 32 heavy (non-hydrogen) atoms. The second-order valence-electron chi connectivity index (χ2n) is 7.93. The van der Waals surface area contributed by atoms with E-state index in [2.05, 4.69) is 20.1 Å². The normalized spacial score (nSPS) is 13.7. The minimum Gasteiger partial charge on any atom is -0.501 e. The molecular formula is C24H22N6O2. The average molecular weight is 426 g/mol. The van der Waals surface area contributed by atoms with E-state index in [4.69, 9.17) is 17.0 Å². The maximum absolute atomic E-state index is 12.2. The Hall–Kier alpha value is -3.96. The molecule has 3 N–H and O–H groups in total. The van der Waals surface area contributed by atoms with Gasteiger partial charge in [-0.3, -0.25) is 9.48 Å². The molecule has 1 saturated carbocycles. The summed E-state index contributed by atoms with van der Waals surface area (Å²) < 4.78 is 7.85. The number of fused-ring (bicyclic) bond motifs is 1. The van der Waals surface area contributed by atoms with Crippen molar-refractivity contribution >= 4 is 16.5 Å². The fourth-order valence-electron chi connectivity index (χ4n) is 4.10. The van der Waals surface area contributed by atoms with Crippen LogP contribution in [0.15, 0.2) is 47.4 Å². The van der Waals surface area contributed by atoms with Crippen molar-refractivity contribution < 1.29 is 4.74 Å². The molecule has 0 saturated heterocycles. The maximum atomic E-state index is 12.2. The zero-order valence-corrected chi connectivity index (χ0v) is 17.6. The van der Waals surface area contributed by atoms with E-state index >= 15 is 0 Å². The monoisotopic (exact) mass is 426 g/mol. The molecule has 1 aliphatic carbocycles. The van der Waals surface area contributed by atoms with E-state index in [0.29, 0.717) is 27.9 Å². The number of nitrogens with zero attached hydrogens (tertiary/aromatic N) is 4. The summed E-state index contributed by atoms with van der Waals surface area (Å²) in [6.45, 7) is 8.04. The zero-order chi connectivity index (χ0) is 22.2. The topological polar surface area (TPSA) is 103 Å². The molecule has 5 rings (SSSR count). The average Bonchev–Trinajstić information content (AvgIpc) is 3.17. The first-order chi connectivity index (χ1) is 15.6. The molecule has 2 aromatic heterocycles. The number of rotatable bonds is 5. The molecule has 2 aromatic carbocycles. The minimum absolute atomic E-state index is 0.178. The second-order valence-corrected chi connectivity index (χ2v) is 7.93. The molecule has 0 radical (unpaired) electrons. The zero-order valence-electron chi connectivity index (χ0n) is 17.6. The van der Waals surface area contributed by atoms with Crippen molar-refractivity contribution in [2.45, 2.75) is 31.9 Å². The lowest BCUT2D eigenvalue weighted by atomic mass is 9.95. The van der Waals surface area contributed by atoms with Crippen LogP contribution in [-0.4, -0.2) is 26.1 Å². The van der Waals surface area contributed by atoms with Gasteiger partial charge in [0.05, 0.1) is 35.6 Å². The lowest BCUT2D eigenvalue weighted by molar-refractivity contribution is 0.121. The first-order valence-corrected chi connectivity index (χ1v) is 10.5. The van der Waals surface area contributed by atoms with Crippen LogP contribution in [-0.2, 0) is 13.6 Å². The van der Waals surface area contributed by atoms with E-state index in [1.54, 1.807) is 16.9 Å². The van der Waals surface area contributed by atoms with Crippen LogP contribution in [0.5, 0.6) is 5.75 Å². The third-order valence-corrected chi connectivity index (χ3v) is 6.02. The van der Waals surface area contributed by atoms with E-state index in [1.807, 2.05) is 37.4 Å². The molecule has 1 aliphatic rings. The molecule has 160 valence electrons. The van der Waals surface area contributed by atoms with Crippen LogP contribution in [0.2, 0.25) is 0 Å². The van der Waals surface area contributed by atoms with Gasteiger partial charge in [-0.15, -0.1) is 0 Å². The van der Waals surface area contributed by atoms with Crippen molar-refractivity contribution in [1.82, 2.24) is 20.0 Å². The summed E-state index contributed by atoms with van der Waals surface area (Å²) in [7, 11) is 1.85. The summed E-state index contributed by atoms with van der Waals surface area (Å²) >= 11 is 0. The van der Waals surface area contributed by atoms with Crippen LogP contribution in [0.1, 0.15) is 25.0 Å². The molecule has 0 amide bonds. The molecule has 4 aromatic rings. The van der Waals surface area contributed by atoms with E-state index in [-0.39, 0.29) is 18.2 Å². The van der Waals surface area contributed by atoms with Crippen LogP contribution < -0.4 is 16.0 Å². The van der Waals surface area contributed by atoms with Crippen molar-refractivity contribution in [3.05, 3.63) is 70.1 Å². The van der Waals surface area contributed by atoms with Crippen molar-refractivity contribution in [1.29, 1.82) is 0 Å². The van der Waals surface area contributed by atoms with Crippen LogP contribution in [0.3, 0.4) is 0 Å². The predicted octanol–water partition coefficient (Wildman–Crippen LogP) is 3.93. The van der Waals surface area contributed by atoms with Gasteiger partial charge < -0.3 is 10.5 Å². The number of nitrogens with one attached hydrogen (secondary N) is 1. The minimum atomic E-state index is -0.258. The predicted molar refractivity (Wildman–Crippen MR) is 122 cm³/mol. The van der Waals surface area contributed by atoms with Gasteiger partial charge in [0.25, 0.3) is 5.56 Å². The Bertz CT molecular complexity index is 1420. The molecular weight excluding hydrogens is 404 g/mol. The van der Waals surface area contributed by atoms with Gasteiger partial charge in [-0.25, -0.2) is 9.94 Å². The number of aryl methyl sites for hydroxylation is 1. The number of aromatic amines is 1. The highest BCUT2D eigenvalue weighted by atomic mass is 16.5. The van der Waals surface area contributed by atoms with E-state index in [0.717, 1.165) is 41.6 Å². The second kappa shape index (κ2) is 7.94. The number of H-pyrrole nitrogens is 1. The van der Waals surface area contributed by atoms with Crippen molar-refractivity contribution in [3.8, 4) is 28.1 Å². The number of para-hydroxylation sites is 1. The molecule has 0 unspecified atom stereocenters. The van der Waals surface area contributed by atoms with Gasteiger partial charge in [0.15, 0.2) is 0 Å². The standard InChI is InChI=1S/C24H22N6O2/c1-26-22-17(7-4-8-21(22)32-15-5-3-6-15)23-19(13-27-30(23)2)14-9-10-16-18(11-14)20(12-25)28-29-24(16)31/h4,7-11,13,15H,3,5-6,12,25H2,2H3,(H,29,31). The van der Waals surface area contributed by atoms with Gasteiger partial charge in [0.1, 0.15) is 5.75 Å². The van der Waals surface area contributed by atoms with E-state index in [1.165, 1.54) is 0 Å². The summed E-state index contributed by atoms with van der Waals surface area (Å²) in [6.07, 6.45) is 5.15. The summed E-state index contributed by atoms with van der Waals surface area (Å²) in [4.78, 5) is 16.0. The van der Waals surface area contributed by atoms with Crippen LogP contribution >= 0.6 is 0 Å². The van der Waals surface area contributed by atoms with E-state index < -0.39 is 0 Å². The Kier molecular flexibility index (Phi) is 4.96. The molecule has 0 spiro atoms. The quantitative estimate of drug-likeness (QED) is 0.471. The summed E-state index contributed by atoms with van der Waals surface area (Å²) in [5, 5.41) is 12.3. The van der Waals surface area contributed by atoms with Crippen molar-refractivity contribution in [2.75, 3.05) is 0 Å². The van der Waals surface area contributed by atoms with Gasteiger partial charge in [0, 0.05) is 30.1 Å². The number of aromatic nitrogens is 4. The lowest BCUT2D eigenvalue weighted by Crippen LogP contribution is -2.24. The Balaban J connectivity index is 1.68. The molecule has 0 bridgehead atoms. The molecule has 1 fully saturated rings. The van der Waals surface area contributed by atoms with Crippen molar-refractivity contribution in [2.24, 2.45) is 12.8 Å². The summed E-state index contributed by atoms with van der Waals surface area (Å²) in [6, 6.07) is 11.2. The largest absolute Gasteiger partial charge is 0.501 e. The Morgan fingerprint density at radius 3 is 2.81 bits per heavy atom. The van der Waals surface area contributed by atoms with Crippen LogP contribution in [0.25, 0.3) is 38.0 Å². The van der Waals surface area contributed by atoms with Gasteiger partial charge in [-0.05, 0) is 43.0 Å². The third kappa shape index (κ3) is 3.24. The number of benzene rings is 2. The number of hydrogen-bond donors (Lipinski definition) is 2. The van der Waals surface area contributed by atoms with Crippen LogP contribution in [0, 0.1) is 6.57 Å². The number of nitrogens with two attached hydrogens (primary N) is 1. The smallest absolute Gasteiger partial charge is 0.272 e. The van der Waals surface area contributed by atoms with Gasteiger partial charge in [0.2, 0.25) is 5.69 Å². The van der Waals surface area contributed by atoms with E-state index in [9.17, 15) is 4.79 Å². The molecule has 8 heteroatoms. The summed E-state index contributed by atoms with van der Waals surface area (Å²) in [5.74, 6) is 0.606. The first kappa shape index (κ1) is 20.0. The Morgan fingerprint density at radius 1 is 1.25 bits per heavy atom. The molecule has 0 aliphatic heterocycles. The first-order valence-electron chi connectivity index (χ1n) is 10.5. The lowest BCUT2D eigenvalue weighted by Gasteiger charge is -2.27. The van der Waals surface area contributed by atoms with Gasteiger partial charge in [-0.2, -0.15) is 10.2 Å². The molecule has 0 atom stereocenters. The molecule has 8 nitrogen and oxygen atoms in total. The highest BCUT2D eigenvalue weighted by molar-refractivity contribution is 5.94. The SMILES string of the molecule is [C-]#[N+]c1c(OC2CCC2)cccc1-c1c(-c2ccc3c(=O)[nH]nc(CN)c3c2)cnn1C. The Labute approximate surface area is 184 Å². The molecule has 2 heterocycles. The number of ether oxygens (including phenoxy) is 1. The highest BCUT2D eigenvalue weighted by Gasteiger charge is 2.24. The third-order valence-electron chi connectivity index (χ3n) is 6.02. The summed E-state index contributed by atoms with van der Waals surface area (Å²) in [5.41, 5.74) is 9.96. The fraction of sp³-hybridized carbons (Fsp3) is 0.250. The maximum Gasteiger partial charge on any atom is 0.272 e. The highest BCUT2D eigenvalue weighted by Crippen LogP contribution is 2.43. The van der Waals surface area contributed by atoms with Crippen molar-refractivity contribution in [3.63, 3.8) is 0 Å². The Morgan fingerprint density at radius 2 is 2.09 bits per heavy atom. The fourth-order valence-corrected chi connectivity index (χ4v) is 4.10. The van der Waals surface area contributed by atoms with Gasteiger partial charge >= 0.3 is 0 Å².